The summed E-state index contributed by atoms with van der Waals surface area (Å²) in [5.74, 6) is 0.355. The van der Waals surface area contributed by atoms with Crippen LogP contribution in [0.25, 0.3) is 0 Å². The minimum Gasteiger partial charge on any atom is -0.368 e. The van der Waals surface area contributed by atoms with Gasteiger partial charge < -0.3 is 14.7 Å². The van der Waals surface area contributed by atoms with Gasteiger partial charge in [0.25, 0.3) is 5.91 Å². The first-order valence-electron chi connectivity index (χ1n) is 10.4. The van der Waals surface area contributed by atoms with Crippen molar-refractivity contribution in [1.82, 2.24) is 14.8 Å². The van der Waals surface area contributed by atoms with E-state index in [4.69, 9.17) is 0 Å². The Hall–Kier alpha value is -2.89. The Balaban J connectivity index is 1.27. The summed E-state index contributed by atoms with van der Waals surface area (Å²) in [4.78, 5) is 35.9. The number of carbonyl (C=O) groups excluding carboxylic acids is 2. The average molecular weight is 393 g/mol. The number of piperazine rings is 1. The van der Waals surface area contributed by atoms with Gasteiger partial charge in [0.1, 0.15) is 0 Å². The molecule has 6 nitrogen and oxygen atoms in total. The van der Waals surface area contributed by atoms with Crippen LogP contribution in [0.1, 0.15) is 28.8 Å². The Morgan fingerprint density at radius 1 is 0.828 bits per heavy atom. The molecule has 0 aliphatic carbocycles. The Morgan fingerprint density at radius 3 is 2.07 bits per heavy atom. The summed E-state index contributed by atoms with van der Waals surface area (Å²) in [7, 11) is 0. The van der Waals surface area contributed by atoms with Crippen LogP contribution in [0.5, 0.6) is 0 Å². The Kier molecular flexibility index (Phi) is 5.79. The number of carbonyl (C=O) groups is 2. The summed E-state index contributed by atoms with van der Waals surface area (Å²) in [5.41, 5.74) is 3.04. The molecule has 2 amide bonds. The molecule has 152 valence electrons. The molecule has 6 heteroatoms. The third-order valence-electron chi connectivity index (χ3n) is 6.05. The van der Waals surface area contributed by atoms with Crippen molar-refractivity contribution in [3.63, 3.8) is 0 Å². The van der Waals surface area contributed by atoms with Gasteiger partial charge in [-0.25, -0.2) is 0 Å². The third-order valence-corrected chi connectivity index (χ3v) is 6.05. The van der Waals surface area contributed by atoms with Gasteiger partial charge in [0.15, 0.2) is 0 Å². The smallest absolute Gasteiger partial charge is 0.253 e. The molecule has 2 aliphatic heterocycles. The highest BCUT2D eigenvalue weighted by atomic mass is 16.2. The molecule has 2 aliphatic rings. The monoisotopic (exact) mass is 392 g/mol. The maximum absolute atomic E-state index is 13.0. The molecule has 29 heavy (non-hydrogen) atoms. The number of anilines is 1. The lowest BCUT2D eigenvalue weighted by Crippen LogP contribution is -2.52. The molecule has 0 N–H and O–H groups in total. The van der Waals surface area contributed by atoms with Crippen LogP contribution in [0.3, 0.4) is 0 Å². The summed E-state index contributed by atoms with van der Waals surface area (Å²) < 4.78 is 0. The minimum atomic E-state index is 0.0320. The molecule has 3 heterocycles. The van der Waals surface area contributed by atoms with Crippen molar-refractivity contribution in [2.24, 2.45) is 5.92 Å². The molecular formula is C23H28N4O2. The van der Waals surface area contributed by atoms with Gasteiger partial charge in [0.2, 0.25) is 5.91 Å². The lowest BCUT2D eigenvalue weighted by Gasteiger charge is -2.39. The highest BCUT2D eigenvalue weighted by Crippen LogP contribution is 2.23. The molecular weight excluding hydrogens is 364 g/mol. The fraction of sp³-hybridized carbons (Fsp3) is 0.435. The Morgan fingerprint density at radius 2 is 1.45 bits per heavy atom. The van der Waals surface area contributed by atoms with Crippen LogP contribution < -0.4 is 4.90 Å². The van der Waals surface area contributed by atoms with Gasteiger partial charge in [0, 0.05) is 68.8 Å². The van der Waals surface area contributed by atoms with Crippen molar-refractivity contribution in [1.29, 1.82) is 0 Å². The SMILES string of the molecule is Cc1ccc(C(=O)N2CCC(C(=O)N3CCN(c4ccncc4)CC3)CC2)cc1. The first-order chi connectivity index (χ1) is 14.1. The molecule has 4 rings (SSSR count). The second-order valence-corrected chi connectivity index (χ2v) is 7.95. The van der Waals surface area contributed by atoms with Crippen molar-refractivity contribution in [3.05, 3.63) is 59.9 Å². The standard InChI is InChI=1S/C23H28N4O2/c1-18-2-4-19(5-3-18)22(28)26-12-8-20(9-13-26)23(29)27-16-14-25(15-17-27)21-6-10-24-11-7-21/h2-7,10-11,20H,8-9,12-17H2,1H3. The molecule has 2 fully saturated rings. The summed E-state index contributed by atoms with van der Waals surface area (Å²) >= 11 is 0. The molecule has 0 spiro atoms. The number of amides is 2. The number of hydrogen-bond acceptors (Lipinski definition) is 4. The van der Waals surface area contributed by atoms with Crippen LogP contribution in [0, 0.1) is 12.8 Å². The van der Waals surface area contributed by atoms with Crippen LogP contribution in [0.2, 0.25) is 0 Å². The van der Waals surface area contributed by atoms with Crippen LogP contribution in [-0.2, 0) is 4.79 Å². The van der Waals surface area contributed by atoms with Gasteiger partial charge in [-0.1, -0.05) is 17.7 Å². The third kappa shape index (κ3) is 4.42. The van der Waals surface area contributed by atoms with E-state index in [0.29, 0.717) is 13.1 Å². The van der Waals surface area contributed by atoms with Crippen LogP contribution in [0.15, 0.2) is 48.8 Å². The van der Waals surface area contributed by atoms with Gasteiger partial charge in [-0.3, -0.25) is 14.6 Å². The largest absolute Gasteiger partial charge is 0.368 e. The zero-order valence-corrected chi connectivity index (χ0v) is 17.0. The Bertz CT molecular complexity index is 837. The van der Waals surface area contributed by atoms with Crippen LogP contribution in [-0.4, -0.2) is 65.9 Å². The molecule has 0 atom stereocenters. The second-order valence-electron chi connectivity index (χ2n) is 7.95. The number of nitrogens with zero attached hydrogens (tertiary/aromatic N) is 4. The quantitative estimate of drug-likeness (QED) is 0.806. The summed E-state index contributed by atoms with van der Waals surface area (Å²) in [6, 6.07) is 11.7. The molecule has 0 radical (unpaired) electrons. The molecule has 1 aromatic carbocycles. The van der Waals surface area contributed by atoms with Gasteiger partial charge in [-0.15, -0.1) is 0 Å². The Labute approximate surface area is 172 Å². The highest BCUT2D eigenvalue weighted by molar-refractivity contribution is 5.94. The number of rotatable bonds is 3. The van der Waals surface area contributed by atoms with E-state index in [1.165, 1.54) is 0 Å². The van der Waals surface area contributed by atoms with E-state index in [2.05, 4.69) is 9.88 Å². The molecule has 0 unspecified atom stereocenters. The highest BCUT2D eigenvalue weighted by Gasteiger charge is 2.32. The zero-order valence-electron chi connectivity index (χ0n) is 17.0. The summed E-state index contributed by atoms with van der Waals surface area (Å²) in [6.07, 6.45) is 5.11. The van der Waals surface area contributed by atoms with Gasteiger partial charge in [0.05, 0.1) is 0 Å². The van der Waals surface area contributed by atoms with Crippen LogP contribution in [0.4, 0.5) is 5.69 Å². The maximum Gasteiger partial charge on any atom is 0.253 e. The van der Waals surface area contributed by atoms with E-state index in [-0.39, 0.29) is 17.7 Å². The first-order valence-corrected chi connectivity index (χ1v) is 10.4. The number of aromatic nitrogens is 1. The molecule has 2 saturated heterocycles. The van der Waals surface area contributed by atoms with E-state index >= 15 is 0 Å². The fourth-order valence-electron chi connectivity index (χ4n) is 4.21. The van der Waals surface area contributed by atoms with Crippen molar-refractivity contribution in [2.45, 2.75) is 19.8 Å². The van der Waals surface area contributed by atoms with E-state index < -0.39 is 0 Å². The predicted octanol–water partition coefficient (Wildman–Crippen LogP) is 2.59. The number of likely N-dealkylation sites (tertiary alicyclic amines) is 1. The van der Waals surface area contributed by atoms with E-state index in [1.54, 1.807) is 12.4 Å². The summed E-state index contributed by atoms with van der Waals surface area (Å²) in [6.45, 7) is 6.52. The molecule has 0 bridgehead atoms. The van der Waals surface area contributed by atoms with Crippen molar-refractivity contribution in [2.75, 3.05) is 44.2 Å². The normalized spacial score (nSPS) is 18.0. The topological polar surface area (TPSA) is 56.8 Å². The van der Waals surface area contributed by atoms with Gasteiger partial charge in [-0.05, 0) is 44.0 Å². The van der Waals surface area contributed by atoms with Crippen molar-refractivity contribution in [3.8, 4) is 0 Å². The lowest BCUT2D eigenvalue weighted by molar-refractivity contribution is -0.137. The van der Waals surface area contributed by atoms with Crippen molar-refractivity contribution < 1.29 is 9.59 Å². The fourth-order valence-corrected chi connectivity index (χ4v) is 4.21. The molecule has 2 aromatic rings. The first kappa shape index (κ1) is 19.4. The number of piperidine rings is 1. The van der Waals surface area contributed by atoms with Crippen molar-refractivity contribution >= 4 is 17.5 Å². The molecule has 1 aromatic heterocycles. The minimum absolute atomic E-state index is 0.0320. The van der Waals surface area contributed by atoms with Gasteiger partial charge >= 0.3 is 0 Å². The van der Waals surface area contributed by atoms with Crippen LogP contribution >= 0.6 is 0 Å². The summed E-state index contributed by atoms with van der Waals surface area (Å²) in [5, 5.41) is 0. The van der Waals surface area contributed by atoms with Gasteiger partial charge in [-0.2, -0.15) is 0 Å². The number of aryl methyl sites for hydroxylation is 1. The average Bonchev–Trinajstić information content (AvgIpc) is 2.79. The zero-order chi connectivity index (χ0) is 20.2. The predicted molar refractivity (Wildman–Crippen MR) is 113 cm³/mol. The lowest BCUT2D eigenvalue weighted by atomic mass is 9.94. The number of benzene rings is 1. The second kappa shape index (κ2) is 8.64. The van der Waals surface area contributed by atoms with E-state index in [9.17, 15) is 9.59 Å². The molecule has 0 saturated carbocycles. The maximum atomic E-state index is 13.0. The van der Waals surface area contributed by atoms with E-state index in [0.717, 1.165) is 55.8 Å². The number of pyridine rings is 1. The van der Waals surface area contributed by atoms with E-state index in [1.807, 2.05) is 53.1 Å². The number of hydrogen-bond donors (Lipinski definition) is 0.